The van der Waals surface area contributed by atoms with Crippen LogP contribution in [0.5, 0.6) is 0 Å². The standard InChI is InChI=1S/C30H63P/c1-4-7-10-13-16-22-27-31(30-25-20-19-21-26-30,28-23-17-14-11-8-5-2)29-24-18-15-12-9-6-3/h30-31H,4-29H2,1-3H3. The van der Waals surface area contributed by atoms with Gasteiger partial charge in [0.05, 0.1) is 0 Å². The van der Waals surface area contributed by atoms with Crippen molar-refractivity contribution >= 4 is 7.26 Å². The van der Waals surface area contributed by atoms with Crippen LogP contribution in [0.3, 0.4) is 0 Å². The molecule has 0 aliphatic heterocycles. The van der Waals surface area contributed by atoms with Crippen LogP contribution in [-0.2, 0) is 0 Å². The quantitative estimate of drug-likeness (QED) is 0.113. The van der Waals surface area contributed by atoms with E-state index in [0.717, 1.165) is 0 Å². The van der Waals surface area contributed by atoms with Gasteiger partial charge in [0.25, 0.3) is 0 Å². The number of hydrogen-bond acceptors (Lipinski definition) is 0. The first-order valence-corrected chi connectivity index (χ1v) is 18.0. The molecule has 0 saturated heterocycles. The van der Waals surface area contributed by atoms with E-state index in [1.54, 1.807) is 63.4 Å². The molecule has 1 aliphatic rings. The van der Waals surface area contributed by atoms with E-state index in [1.165, 1.54) is 108 Å². The fourth-order valence-corrected chi connectivity index (χ4v) is 12.9. The topological polar surface area (TPSA) is 0 Å². The molecule has 1 rings (SSSR count). The minimum atomic E-state index is -1.10. The summed E-state index contributed by atoms with van der Waals surface area (Å²) in [5.41, 5.74) is 1.20. The fourth-order valence-electron chi connectivity index (χ4n) is 6.47. The first-order chi connectivity index (χ1) is 15.3. The number of hydrogen-bond donors (Lipinski definition) is 0. The van der Waals surface area contributed by atoms with Crippen LogP contribution in [0.1, 0.15) is 168 Å². The van der Waals surface area contributed by atoms with Gasteiger partial charge in [0.1, 0.15) is 0 Å². The van der Waals surface area contributed by atoms with Gasteiger partial charge in [0.15, 0.2) is 0 Å². The second kappa shape index (κ2) is 21.0. The molecule has 0 spiro atoms. The van der Waals surface area contributed by atoms with Crippen molar-refractivity contribution < 1.29 is 0 Å². The van der Waals surface area contributed by atoms with Gasteiger partial charge < -0.3 is 0 Å². The molecule has 0 nitrogen and oxygen atoms in total. The average Bonchev–Trinajstić information content (AvgIpc) is 2.80. The maximum atomic E-state index is 2.35. The molecule has 0 atom stereocenters. The SMILES string of the molecule is CCCCCCCC[PH](CCCCCCCC)(CCCCCCCC)C1CCCCC1. The van der Waals surface area contributed by atoms with Gasteiger partial charge in [-0.1, -0.05) is 0 Å². The summed E-state index contributed by atoms with van der Waals surface area (Å²) in [4.78, 5) is 0. The normalized spacial score (nSPS) is 16.1. The molecule has 0 amide bonds. The van der Waals surface area contributed by atoms with E-state index in [-0.39, 0.29) is 0 Å². The van der Waals surface area contributed by atoms with Crippen molar-refractivity contribution in [3.05, 3.63) is 0 Å². The molecule has 0 bridgehead atoms. The molecule has 0 N–H and O–H groups in total. The van der Waals surface area contributed by atoms with Gasteiger partial charge in [-0.2, -0.15) is 0 Å². The van der Waals surface area contributed by atoms with Crippen LogP contribution in [0, 0.1) is 0 Å². The Morgan fingerprint density at radius 1 is 0.419 bits per heavy atom. The van der Waals surface area contributed by atoms with Crippen molar-refractivity contribution in [3.63, 3.8) is 0 Å². The van der Waals surface area contributed by atoms with Crippen molar-refractivity contribution in [2.45, 2.75) is 174 Å². The van der Waals surface area contributed by atoms with Crippen molar-refractivity contribution in [2.75, 3.05) is 18.5 Å². The van der Waals surface area contributed by atoms with Gasteiger partial charge in [-0.25, -0.2) is 0 Å². The van der Waals surface area contributed by atoms with Gasteiger partial charge in [-0.3, -0.25) is 0 Å². The Hall–Kier alpha value is 0.430. The summed E-state index contributed by atoms with van der Waals surface area (Å²) < 4.78 is 0. The van der Waals surface area contributed by atoms with Crippen LogP contribution in [0.4, 0.5) is 0 Å². The van der Waals surface area contributed by atoms with E-state index in [2.05, 4.69) is 20.8 Å². The van der Waals surface area contributed by atoms with Crippen LogP contribution in [0.25, 0.3) is 0 Å². The van der Waals surface area contributed by atoms with Crippen molar-refractivity contribution in [2.24, 2.45) is 0 Å². The van der Waals surface area contributed by atoms with E-state index in [1.807, 2.05) is 0 Å². The molecular weight excluding hydrogens is 391 g/mol. The molecule has 1 heteroatoms. The monoisotopic (exact) mass is 454 g/mol. The Morgan fingerprint density at radius 2 is 0.742 bits per heavy atom. The van der Waals surface area contributed by atoms with E-state index in [4.69, 9.17) is 0 Å². The van der Waals surface area contributed by atoms with E-state index in [9.17, 15) is 0 Å². The van der Waals surface area contributed by atoms with Crippen molar-refractivity contribution in [3.8, 4) is 0 Å². The second-order valence-electron chi connectivity index (χ2n) is 11.3. The summed E-state index contributed by atoms with van der Waals surface area (Å²) in [5, 5.41) is 0. The van der Waals surface area contributed by atoms with E-state index >= 15 is 0 Å². The molecule has 1 aliphatic carbocycles. The number of rotatable bonds is 22. The molecule has 31 heavy (non-hydrogen) atoms. The molecule has 0 heterocycles. The number of unbranched alkanes of at least 4 members (excludes halogenated alkanes) is 15. The Balaban J connectivity index is 2.63. The van der Waals surface area contributed by atoms with Gasteiger partial charge in [0, 0.05) is 0 Å². The van der Waals surface area contributed by atoms with Gasteiger partial charge in [-0.05, 0) is 0 Å². The molecule has 188 valence electrons. The third-order valence-electron chi connectivity index (χ3n) is 8.56. The third-order valence-corrected chi connectivity index (χ3v) is 14.9. The molecule has 0 unspecified atom stereocenters. The molecular formula is C30H63P. The Morgan fingerprint density at radius 3 is 1.10 bits per heavy atom. The predicted octanol–water partition coefficient (Wildman–Crippen LogP) is 11.2. The zero-order chi connectivity index (χ0) is 22.5. The fraction of sp³-hybridized carbons (Fsp3) is 1.00. The molecule has 0 aromatic rings. The third kappa shape index (κ3) is 14.3. The Bertz CT molecular complexity index is 317. The molecule has 0 aromatic heterocycles. The molecule has 0 radical (unpaired) electrons. The summed E-state index contributed by atoms with van der Waals surface area (Å²) >= 11 is 0. The summed E-state index contributed by atoms with van der Waals surface area (Å²) in [6.45, 7) is 7.05. The summed E-state index contributed by atoms with van der Waals surface area (Å²) in [6, 6.07) is 0. The van der Waals surface area contributed by atoms with Crippen LogP contribution in [-0.4, -0.2) is 24.1 Å². The molecule has 0 aromatic carbocycles. The first-order valence-electron chi connectivity index (χ1n) is 15.3. The molecule has 1 fully saturated rings. The van der Waals surface area contributed by atoms with E-state index < -0.39 is 7.26 Å². The van der Waals surface area contributed by atoms with Gasteiger partial charge in [-0.15, -0.1) is 0 Å². The maximum absolute atomic E-state index is 2.35. The van der Waals surface area contributed by atoms with E-state index in [0.29, 0.717) is 0 Å². The zero-order valence-corrected chi connectivity index (χ0v) is 23.5. The minimum absolute atomic E-state index is 1.10. The molecule has 1 saturated carbocycles. The Kier molecular flexibility index (Phi) is 20.0. The van der Waals surface area contributed by atoms with Crippen molar-refractivity contribution in [1.82, 2.24) is 0 Å². The van der Waals surface area contributed by atoms with Crippen molar-refractivity contribution in [1.29, 1.82) is 0 Å². The van der Waals surface area contributed by atoms with Crippen LogP contribution < -0.4 is 0 Å². The summed E-state index contributed by atoms with van der Waals surface area (Å²) in [7, 11) is -1.10. The van der Waals surface area contributed by atoms with Crippen LogP contribution in [0.2, 0.25) is 0 Å². The summed E-state index contributed by atoms with van der Waals surface area (Å²) in [6.07, 6.45) is 39.9. The Labute approximate surface area is 199 Å². The first kappa shape index (κ1) is 29.5. The predicted molar refractivity (Wildman–Crippen MR) is 150 cm³/mol. The summed E-state index contributed by atoms with van der Waals surface area (Å²) in [5.74, 6) is 0. The van der Waals surface area contributed by atoms with Crippen LogP contribution in [0.15, 0.2) is 0 Å². The second-order valence-corrected chi connectivity index (χ2v) is 16.3. The van der Waals surface area contributed by atoms with Gasteiger partial charge in [0.2, 0.25) is 0 Å². The zero-order valence-electron chi connectivity index (χ0n) is 22.5. The van der Waals surface area contributed by atoms with Gasteiger partial charge >= 0.3 is 200 Å². The average molecular weight is 455 g/mol. The van der Waals surface area contributed by atoms with Crippen LogP contribution >= 0.6 is 7.26 Å².